The van der Waals surface area contributed by atoms with Crippen molar-refractivity contribution in [1.29, 1.82) is 0 Å². The molecule has 1 heterocycles. The molecule has 0 aliphatic rings. The molecule has 9 rings (SSSR count). The van der Waals surface area contributed by atoms with Gasteiger partial charge in [-0.1, -0.05) is 97.1 Å². The summed E-state index contributed by atoms with van der Waals surface area (Å²) >= 11 is 0. The summed E-state index contributed by atoms with van der Waals surface area (Å²) in [6.45, 7) is 4.37. The minimum Gasteiger partial charge on any atom is -0.237 e. The molecule has 0 N–H and O–H groups in total. The predicted octanol–water partition coefficient (Wildman–Crippen LogP) is 12.2. The summed E-state index contributed by atoms with van der Waals surface area (Å²) in [5.74, 6) is 1.19. The van der Waals surface area contributed by atoms with Crippen molar-refractivity contribution in [3.05, 3.63) is 182 Å². The van der Waals surface area contributed by atoms with Gasteiger partial charge in [-0.25, -0.2) is 4.57 Å². The highest BCUT2D eigenvalue weighted by molar-refractivity contribution is 6.02. The van der Waals surface area contributed by atoms with Gasteiger partial charge in [0.2, 0.25) is 0 Å². The zero-order valence-electron chi connectivity index (χ0n) is 28.6. The summed E-state index contributed by atoms with van der Waals surface area (Å²) in [6, 6.07) is 58.7. The highest BCUT2D eigenvalue weighted by Crippen LogP contribution is 2.32. The van der Waals surface area contributed by atoms with Crippen molar-refractivity contribution < 1.29 is 4.57 Å². The van der Waals surface area contributed by atoms with Crippen LogP contribution in [-0.2, 0) is 7.05 Å². The molecule has 9 aromatic rings. The van der Waals surface area contributed by atoms with E-state index in [9.17, 15) is 0 Å². The highest BCUT2D eigenvalue weighted by atomic mass is 15.1. The maximum absolute atomic E-state index is 2.35. The van der Waals surface area contributed by atoms with E-state index in [0.717, 1.165) is 0 Å². The van der Waals surface area contributed by atoms with Crippen LogP contribution in [0, 0.1) is 13.8 Å². The van der Waals surface area contributed by atoms with E-state index in [-0.39, 0.29) is 0 Å². The van der Waals surface area contributed by atoms with Gasteiger partial charge in [0.1, 0.15) is 18.1 Å². The van der Waals surface area contributed by atoms with Crippen LogP contribution < -0.4 is 4.57 Å². The lowest BCUT2D eigenvalue weighted by molar-refractivity contribution is -0.677. The van der Waals surface area contributed by atoms with Gasteiger partial charge in [0.15, 0.2) is 0 Å². The summed E-state index contributed by atoms with van der Waals surface area (Å²) < 4.78 is 4.42. The molecule has 8 aromatic carbocycles. The van der Waals surface area contributed by atoms with E-state index in [0.29, 0.717) is 0 Å². The average Bonchev–Trinajstić information content (AvgIpc) is 3.51. The fraction of sp³-hybridized carbons (Fsp3) is 0.0625. The molecular weight excluding hydrogens is 605 g/mol. The van der Waals surface area contributed by atoms with Crippen molar-refractivity contribution >= 4 is 64.6 Å². The van der Waals surface area contributed by atoms with Gasteiger partial charge in [-0.05, 0) is 149 Å². The number of aromatic nitrogens is 2. The van der Waals surface area contributed by atoms with Crippen molar-refractivity contribution in [2.45, 2.75) is 13.8 Å². The summed E-state index contributed by atoms with van der Waals surface area (Å²) in [4.78, 5) is 0. The number of hydrogen-bond acceptors (Lipinski definition) is 0. The molecule has 238 valence electrons. The maximum Gasteiger partial charge on any atom is 0.258 e. The van der Waals surface area contributed by atoms with Crippen LogP contribution in [0.25, 0.3) is 81.4 Å². The Kier molecular flexibility index (Phi) is 7.17. The molecule has 0 radical (unpaired) electrons. The smallest absolute Gasteiger partial charge is 0.237 e. The Morgan fingerprint density at radius 2 is 0.740 bits per heavy atom. The van der Waals surface area contributed by atoms with Gasteiger partial charge in [-0.2, -0.15) is 4.57 Å². The Balaban J connectivity index is 1.38. The van der Waals surface area contributed by atoms with E-state index in [1.165, 1.54) is 92.8 Å². The summed E-state index contributed by atoms with van der Waals surface area (Å²) in [7, 11) is 2.09. The molecule has 50 heavy (non-hydrogen) atoms. The van der Waals surface area contributed by atoms with Crippen LogP contribution in [0.5, 0.6) is 0 Å². The minimum absolute atomic E-state index is 1.19. The Hall–Kier alpha value is -6.25. The van der Waals surface area contributed by atoms with Crippen LogP contribution >= 0.6 is 0 Å². The Labute approximate surface area is 292 Å². The van der Waals surface area contributed by atoms with Crippen molar-refractivity contribution in [2.75, 3.05) is 0 Å². The van der Waals surface area contributed by atoms with Crippen LogP contribution in [0.3, 0.4) is 0 Å². The quantitative estimate of drug-likeness (QED) is 0.166. The third kappa shape index (κ3) is 5.36. The van der Waals surface area contributed by atoms with Crippen LogP contribution in [-0.4, -0.2) is 4.57 Å². The van der Waals surface area contributed by atoms with E-state index < -0.39 is 0 Å². The molecule has 0 fully saturated rings. The first-order valence-corrected chi connectivity index (χ1v) is 17.3. The van der Waals surface area contributed by atoms with E-state index in [4.69, 9.17) is 0 Å². The number of fused-ring (bicyclic) bond motifs is 18. The van der Waals surface area contributed by atoms with Gasteiger partial charge >= 0.3 is 0 Å². The predicted molar refractivity (Wildman–Crippen MR) is 213 cm³/mol. The third-order valence-corrected chi connectivity index (χ3v) is 10.3. The van der Waals surface area contributed by atoms with Crippen molar-refractivity contribution in [1.82, 2.24) is 4.57 Å². The molecule has 0 atom stereocenters. The number of imidazole rings is 1. The van der Waals surface area contributed by atoms with Crippen molar-refractivity contribution in [2.24, 2.45) is 7.05 Å². The minimum atomic E-state index is 1.19. The average molecular weight is 642 g/mol. The van der Waals surface area contributed by atoms with Gasteiger partial charge in [0.05, 0.1) is 7.05 Å². The highest BCUT2D eigenvalue weighted by Gasteiger charge is 2.14. The molecule has 2 heteroatoms. The molecule has 0 unspecified atom stereocenters. The zero-order chi connectivity index (χ0) is 33.8. The van der Waals surface area contributed by atoms with Crippen molar-refractivity contribution in [3.63, 3.8) is 0 Å². The second-order valence-electron chi connectivity index (χ2n) is 13.5. The SMILES string of the molecule is Cc1cc(-c2cc3cc(c2)c2cccc(c2)c2cccc(c2)c2cccc(c2)c2cccc(c2)c2cccc3c2)ccc1-n1cc[n+](C)c1C. The Bertz CT molecular complexity index is 2770. The molecule has 12 bridgehead atoms. The number of aryl methyl sites for hydroxylation is 2. The fourth-order valence-corrected chi connectivity index (χ4v) is 7.43. The second-order valence-corrected chi connectivity index (χ2v) is 13.5. The monoisotopic (exact) mass is 641 g/mol. The lowest BCUT2D eigenvalue weighted by Gasteiger charge is -2.09. The largest absolute Gasteiger partial charge is 0.258 e. The van der Waals surface area contributed by atoms with E-state index in [1.54, 1.807) is 0 Å². The number of hydrogen-bond donors (Lipinski definition) is 0. The van der Waals surface area contributed by atoms with Crippen LogP contribution in [0.4, 0.5) is 0 Å². The molecule has 0 aliphatic carbocycles. The van der Waals surface area contributed by atoms with E-state index in [1.807, 2.05) is 0 Å². The normalized spacial score (nSPS) is 11.5. The fourth-order valence-electron chi connectivity index (χ4n) is 7.43. The number of rotatable bonds is 2. The molecular formula is C48H37N2+. The lowest BCUT2D eigenvalue weighted by atomic mass is 9.97. The standard InChI is InChI=1S/C48H37N2/c1-32-23-44(19-20-48(32)50-22-21-49(3)33(50)2)47-30-45-29-46(31-47)43-18-8-16-41(28-43)39-14-6-12-37(26-39)35-10-4-9-34(24-35)36-11-5-13-38(25-36)40-15-7-17-42(45)27-40/h4-31H,1-3H3/q+1. The van der Waals surface area contributed by atoms with E-state index >= 15 is 0 Å². The molecule has 0 saturated heterocycles. The topological polar surface area (TPSA) is 8.81 Å². The molecule has 0 aliphatic heterocycles. The van der Waals surface area contributed by atoms with Crippen LogP contribution in [0.2, 0.25) is 0 Å². The molecule has 1 aromatic heterocycles. The Morgan fingerprint density at radius 3 is 1.08 bits per heavy atom. The first kappa shape index (κ1) is 29.9. The van der Waals surface area contributed by atoms with Crippen molar-refractivity contribution in [3.8, 4) is 16.8 Å². The summed E-state index contributed by atoms with van der Waals surface area (Å²) in [5, 5.41) is 14.5. The lowest BCUT2D eigenvalue weighted by Crippen LogP contribution is -2.29. The zero-order valence-corrected chi connectivity index (χ0v) is 28.6. The molecule has 2 nitrogen and oxygen atoms in total. The van der Waals surface area contributed by atoms with Gasteiger partial charge < -0.3 is 0 Å². The van der Waals surface area contributed by atoms with E-state index in [2.05, 4.69) is 200 Å². The van der Waals surface area contributed by atoms with Gasteiger partial charge in [0.25, 0.3) is 5.82 Å². The number of nitrogens with zero attached hydrogens (tertiary/aromatic N) is 2. The summed E-state index contributed by atoms with van der Waals surface area (Å²) in [6.07, 6.45) is 4.25. The van der Waals surface area contributed by atoms with Crippen LogP contribution in [0.1, 0.15) is 11.4 Å². The van der Waals surface area contributed by atoms with Gasteiger partial charge in [0, 0.05) is 6.92 Å². The Morgan fingerprint density at radius 1 is 0.380 bits per heavy atom. The first-order valence-electron chi connectivity index (χ1n) is 17.3. The summed E-state index contributed by atoms with van der Waals surface area (Å²) in [5.41, 5.74) is 4.85. The van der Waals surface area contributed by atoms with Crippen LogP contribution in [0.15, 0.2) is 170 Å². The second kappa shape index (κ2) is 12.0. The van der Waals surface area contributed by atoms with Gasteiger partial charge in [-0.3, -0.25) is 0 Å². The molecule has 0 amide bonds. The third-order valence-electron chi connectivity index (χ3n) is 10.3. The molecule has 0 saturated carbocycles. The molecule has 0 spiro atoms. The maximum atomic E-state index is 2.35. The van der Waals surface area contributed by atoms with Gasteiger partial charge in [-0.15, -0.1) is 0 Å². The number of benzene rings is 7. The first-order chi connectivity index (χ1) is 24.5.